The molecule has 1 heterocycles. The van der Waals surface area contributed by atoms with Crippen LogP contribution in [0.4, 0.5) is 0 Å². The Balaban J connectivity index is 1.63. The maximum atomic E-state index is 11.9. The maximum absolute atomic E-state index is 11.9. The molecule has 1 aliphatic rings. The van der Waals surface area contributed by atoms with E-state index >= 15 is 0 Å². The van der Waals surface area contributed by atoms with Gasteiger partial charge in [-0.05, 0) is 44.0 Å². The molecule has 0 bridgehead atoms. The average Bonchev–Trinajstić information content (AvgIpc) is 2.89. The van der Waals surface area contributed by atoms with Gasteiger partial charge in [0.25, 0.3) is 5.56 Å². The van der Waals surface area contributed by atoms with Crippen molar-refractivity contribution in [2.75, 3.05) is 6.61 Å². The zero-order chi connectivity index (χ0) is 15.7. The zero-order valence-corrected chi connectivity index (χ0v) is 12.3. The van der Waals surface area contributed by atoms with Gasteiger partial charge in [-0.15, -0.1) is 0 Å². The highest BCUT2D eigenvalue weighted by Gasteiger charge is 2.26. The number of H-pyrrole nitrogens is 1. The van der Waals surface area contributed by atoms with Gasteiger partial charge in [0.1, 0.15) is 11.6 Å². The molecule has 6 heteroatoms. The Morgan fingerprint density at radius 3 is 2.77 bits per heavy atom. The summed E-state index contributed by atoms with van der Waals surface area (Å²) >= 11 is 0. The molecule has 1 amide bonds. The molecule has 0 spiro atoms. The smallest absolute Gasteiger partial charge is 0.254 e. The number of amides is 1. The van der Waals surface area contributed by atoms with Crippen LogP contribution < -0.4 is 16.0 Å². The molecule has 2 aromatic rings. The summed E-state index contributed by atoms with van der Waals surface area (Å²) < 4.78 is 5.73. The lowest BCUT2D eigenvalue weighted by atomic mass is 10.1. The van der Waals surface area contributed by atoms with E-state index in [1.165, 1.54) is 0 Å². The minimum Gasteiger partial charge on any atom is -0.493 e. The van der Waals surface area contributed by atoms with Crippen LogP contribution in [-0.2, 0) is 12.8 Å². The van der Waals surface area contributed by atoms with Crippen LogP contribution in [0.2, 0.25) is 0 Å². The summed E-state index contributed by atoms with van der Waals surface area (Å²) in [5, 5.41) is 0. The number of carbonyl (C=O) groups excluding carboxylic acids is 1. The van der Waals surface area contributed by atoms with Crippen LogP contribution in [0.25, 0.3) is 0 Å². The van der Waals surface area contributed by atoms with Crippen molar-refractivity contribution in [3.63, 3.8) is 0 Å². The second kappa shape index (κ2) is 5.63. The van der Waals surface area contributed by atoms with Crippen molar-refractivity contribution in [3.05, 3.63) is 57.3 Å². The molecule has 1 atom stereocenters. The highest BCUT2D eigenvalue weighted by molar-refractivity contribution is 5.92. The van der Waals surface area contributed by atoms with Crippen LogP contribution in [-0.4, -0.2) is 22.5 Å². The summed E-state index contributed by atoms with van der Waals surface area (Å²) in [5.41, 5.74) is 7.24. The molecule has 6 nitrogen and oxygen atoms in total. The first-order valence-corrected chi connectivity index (χ1v) is 7.14. The molecule has 1 aliphatic carbocycles. The second-order valence-electron chi connectivity index (χ2n) is 5.55. The van der Waals surface area contributed by atoms with Gasteiger partial charge in [0, 0.05) is 17.0 Å². The molecular formula is C16H17N3O3. The molecule has 1 aromatic carbocycles. The normalized spacial score (nSPS) is 16.3. The number of aromatic amines is 1. The molecule has 1 unspecified atom stereocenters. The van der Waals surface area contributed by atoms with E-state index in [1.807, 2.05) is 0 Å². The summed E-state index contributed by atoms with van der Waals surface area (Å²) in [4.78, 5) is 30.0. The zero-order valence-electron chi connectivity index (χ0n) is 12.3. The van der Waals surface area contributed by atoms with Crippen LogP contribution in [0.1, 0.15) is 27.4 Å². The molecule has 0 saturated carbocycles. The van der Waals surface area contributed by atoms with E-state index in [4.69, 9.17) is 10.5 Å². The van der Waals surface area contributed by atoms with Crippen LogP contribution in [0.5, 0.6) is 5.75 Å². The number of hydrogen-bond donors (Lipinski definition) is 2. The fourth-order valence-corrected chi connectivity index (χ4v) is 2.73. The molecule has 22 heavy (non-hydrogen) atoms. The van der Waals surface area contributed by atoms with Gasteiger partial charge in [0.2, 0.25) is 5.91 Å². The first-order chi connectivity index (χ1) is 10.5. The predicted octanol–water partition coefficient (Wildman–Crippen LogP) is 0.971. The van der Waals surface area contributed by atoms with E-state index in [0.717, 1.165) is 17.7 Å². The Morgan fingerprint density at radius 1 is 1.36 bits per heavy atom. The van der Waals surface area contributed by atoms with Gasteiger partial charge in [0.05, 0.1) is 12.3 Å². The number of rotatable bonds is 4. The Kier molecular flexibility index (Phi) is 3.66. The number of hydrogen-bond acceptors (Lipinski definition) is 4. The molecule has 0 saturated heterocycles. The van der Waals surface area contributed by atoms with Crippen LogP contribution in [0.15, 0.2) is 29.1 Å². The summed E-state index contributed by atoms with van der Waals surface area (Å²) in [6, 6.07) is 6.71. The average molecular weight is 299 g/mol. The van der Waals surface area contributed by atoms with E-state index in [-0.39, 0.29) is 11.5 Å². The number of primary amides is 1. The molecule has 0 fully saturated rings. The molecule has 0 radical (unpaired) electrons. The third-order valence-electron chi connectivity index (χ3n) is 3.82. The molecule has 1 aromatic heterocycles. The summed E-state index contributed by atoms with van der Waals surface area (Å²) in [6.07, 6.45) is 1.43. The molecular weight excluding hydrogens is 282 g/mol. The summed E-state index contributed by atoms with van der Waals surface area (Å²) in [6.45, 7) is 2.29. The Morgan fingerprint density at radius 2 is 2.09 bits per heavy atom. The first-order valence-electron chi connectivity index (χ1n) is 7.14. The molecule has 3 rings (SSSR count). The first kappa shape index (κ1) is 14.3. The van der Waals surface area contributed by atoms with Crippen LogP contribution in [0, 0.1) is 12.8 Å². The second-order valence-corrected chi connectivity index (χ2v) is 5.55. The van der Waals surface area contributed by atoms with E-state index in [9.17, 15) is 9.59 Å². The van der Waals surface area contributed by atoms with Crippen molar-refractivity contribution in [1.29, 1.82) is 0 Å². The molecule has 0 aliphatic heterocycles. The number of nitrogens with zero attached hydrogens (tertiary/aromatic N) is 1. The van der Waals surface area contributed by atoms with Crippen molar-refractivity contribution in [3.8, 4) is 5.75 Å². The van der Waals surface area contributed by atoms with Gasteiger partial charge in [-0.2, -0.15) is 0 Å². The lowest BCUT2D eigenvalue weighted by Gasteiger charge is -2.11. The van der Waals surface area contributed by atoms with Crippen molar-refractivity contribution >= 4 is 5.91 Å². The van der Waals surface area contributed by atoms with Gasteiger partial charge in [-0.25, -0.2) is 4.98 Å². The van der Waals surface area contributed by atoms with Crippen molar-refractivity contribution in [2.45, 2.75) is 19.8 Å². The predicted molar refractivity (Wildman–Crippen MR) is 80.9 cm³/mol. The van der Waals surface area contributed by atoms with Crippen LogP contribution >= 0.6 is 0 Å². The minimum absolute atomic E-state index is 0.0455. The molecule has 114 valence electrons. The van der Waals surface area contributed by atoms with Gasteiger partial charge in [-0.3, -0.25) is 9.59 Å². The third-order valence-corrected chi connectivity index (χ3v) is 3.82. The van der Waals surface area contributed by atoms with Crippen molar-refractivity contribution in [1.82, 2.24) is 9.97 Å². The Hall–Kier alpha value is -2.63. The lowest BCUT2D eigenvalue weighted by molar-refractivity contribution is 0.1000. The largest absolute Gasteiger partial charge is 0.493 e. The highest BCUT2D eigenvalue weighted by Crippen LogP contribution is 2.23. The number of aromatic nitrogens is 2. The fourth-order valence-electron chi connectivity index (χ4n) is 2.73. The van der Waals surface area contributed by atoms with E-state index in [1.54, 1.807) is 31.2 Å². The maximum Gasteiger partial charge on any atom is 0.254 e. The van der Waals surface area contributed by atoms with E-state index in [0.29, 0.717) is 30.2 Å². The number of carbonyl (C=O) groups is 1. The van der Waals surface area contributed by atoms with Crippen molar-refractivity contribution in [2.24, 2.45) is 11.7 Å². The SMILES string of the molecule is Cc1nc2c(c(=O)[nH]1)CC(COc1ccc(C(N)=O)cc1)C2. The number of benzene rings is 1. The lowest BCUT2D eigenvalue weighted by Crippen LogP contribution is -2.16. The molecule has 3 N–H and O–H groups in total. The summed E-state index contributed by atoms with van der Waals surface area (Å²) in [5.74, 6) is 1.10. The fraction of sp³-hybridized carbons (Fsp3) is 0.312. The van der Waals surface area contributed by atoms with Gasteiger partial charge in [-0.1, -0.05) is 0 Å². The number of ether oxygens (including phenoxy) is 1. The highest BCUT2D eigenvalue weighted by atomic mass is 16.5. The Labute approximate surface area is 127 Å². The number of nitrogens with two attached hydrogens (primary N) is 1. The topological polar surface area (TPSA) is 98.1 Å². The van der Waals surface area contributed by atoms with Gasteiger partial charge < -0.3 is 15.5 Å². The number of aryl methyl sites for hydroxylation is 1. The third kappa shape index (κ3) is 2.86. The number of nitrogens with one attached hydrogen (secondary N) is 1. The summed E-state index contributed by atoms with van der Waals surface area (Å²) in [7, 11) is 0. The van der Waals surface area contributed by atoms with E-state index in [2.05, 4.69) is 9.97 Å². The monoisotopic (exact) mass is 299 g/mol. The van der Waals surface area contributed by atoms with Crippen molar-refractivity contribution < 1.29 is 9.53 Å². The quantitative estimate of drug-likeness (QED) is 0.879. The van der Waals surface area contributed by atoms with E-state index < -0.39 is 5.91 Å². The minimum atomic E-state index is -0.460. The Bertz CT molecular complexity index is 765. The van der Waals surface area contributed by atoms with Crippen LogP contribution in [0.3, 0.4) is 0 Å². The standard InChI is InChI=1S/C16H17N3O3/c1-9-18-14-7-10(6-13(14)16(21)19-9)8-22-12-4-2-11(3-5-12)15(17)20/h2-5,10H,6-8H2,1H3,(H2,17,20)(H,18,19,21). The van der Waals surface area contributed by atoms with Gasteiger partial charge >= 0.3 is 0 Å². The number of fused-ring (bicyclic) bond motifs is 1. The van der Waals surface area contributed by atoms with Gasteiger partial charge in [0.15, 0.2) is 0 Å².